The number of aliphatic hydroxyl groups excluding tert-OH is 1. The number of rotatable bonds is 5. The fraction of sp³-hybridized carbons (Fsp3) is 0.174. The Bertz CT molecular complexity index is 1390. The van der Waals surface area contributed by atoms with Crippen LogP contribution in [0.4, 0.5) is 19.1 Å². The van der Waals surface area contributed by atoms with Crippen molar-refractivity contribution < 1.29 is 23.4 Å². The average molecular weight is 491 g/mol. The summed E-state index contributed by atoms with van der Waals surface area (Å²) in [5, 5.41) is 20.5. The molecule has 0 spiro atoms. The van der Waals surface area contributed by atoms with E-state index in [0.717, 1.165) is 21.6 Å². The molecule has 0 saturated carbocycles. The van der Waals surface area contributed by atoms with E-state index in [9.17, 15) is 28.2 Å². The summed E-state index contributed by atoms with van der Waals surface area (Å²) >= 11 is 6.00. The van der Waals surface area contributed by atoms with Gasteiger partial charge in [-0.25, -0.2) is 4.98 Å². The topological polar surface area (TPSA) is 91.5 Å². The highest BCUT2D eigenvalue weighted by atomic mass is 35.5. The van der Waals surface area contributed by atoms with Gasteiger partial charge in [-0.2, -0.15) is 18.2 Å². The minimum Gasteiger partial charge on any atom is -0.351 e. The number of pyridine rings is 1. The fourth-order valence-electron chi connectivity index (χ4n) is 3.52. The molecule has 0 bridgehead atoms. The minimum atomic E-state index is -4.53. The van der Waals surface area contributed by atoms with E-state index in [4.69, 9.17) is 11.6 Å². The first kappa shape index (κ1) is 23.7. The number of fused-ring (bicyclic) bond motifs is 1. The number of aromatic nitrogens is 3. The second kappa shape index (κ2) is 9.05. The Balaban J connectivity index is 2.04. The van der Waals surface area contributed by atoms with Crippen molar-refractivity contribution >= 4 is 28.6 Å². The SMILES string of the molecule is CCN(c1nc(-c2ccc(Cl)cc2)c2ccc(=O)n(-c3ccc(C(F)(F)F)cc3)c2n1)C(O)O. The lowest BCUT2D eigenvalue weighted by Gasteiger charge is -2.24. The van der Waals surface area contributed by atoms with E-state index in [1.165, 1.54) is 24.3 Å². The first-order valence-corrected chi connectivity index (χ1v) is 10.5. The molecule has 0 radical (unpaired) electrons. The van der Waals surface area contributed by atoms with Crippen LogP contribution in [-0.4, -0.2) is 37.7 Å². The lowest BCUT2D eigenvalue weighted by atomic mass is 10.1. The lowest BCUT2D eigenvalue weighted by molar-refractivity contribution is -0.137. The van der Waals surface area contributed by atoms with E-state index < -0.39 is 23.7 Å². The summed E-state index contributed by atoms with van der Waals surface area (Å²) in [7, 11) is 0. The normalized spacial score (nSPS) is 11.9. The van der Waals surface area contributed by atoms with Crippen LogP contribution in [0.2, 0.25) is 5.02 Å². The van der Waals surface area contributed by atoms with Crippen molar-refractivity contribution in [3.05, 3.63) is 81.6 Å². The molecule has 0 aliphatic heterocycles. The van der Waals surface area contributed by atoms with Crippen molar-refractivity contribution in [3.8, 4) is 16.9 Å². The van der Waals surface area contributed by atoms with E-state index in [1.54, 1.807) is 31.2 Å². The van der Waals surface area contributed by atoms with Gasteiger partial charge in [0.05, 0.1) is 16.9 Å². The fourth-order valence-corrected chi connectivity index (χ4v) is 3.64. The number of hydrogen-bond acceptors (Lipinski definition) is 6. The summed E-state index contributed by atoms with van der Waals surface area (Å²) in [5.74, 6) is -0.0822. The average Bonchev–Trinajstić information content (AvgIpc) is 2.79. The van der Waals surface area contributed by atoms with E-state index in [0.29, 0.717) is 21.7 Å². The van der Waals surface area contributed by atoms with Crippen molar-refractivity contribution in [2.75, 3.05) is 11.4 Å². The second-order valence-electron chi connectivity index (χ2n) is 7.30. The van der Waals surface area contributed by atoms with Crippen molar-refractivity contribution in [3.63, 3.8) is 0 Å². The van der Waals surface area contributed by atoms with Gasteiger partial charge in [-0.15, -0.1) is 0 Å². The van der Waals surface area contributed by atoms with Gasteiger partial charge in [0, 0.05) is 28.6 Å². The number of anilines is 1. The number of benzene rings is 2. The smallest absolute Gasteiger partial charge is 0.351 e. The molecule has 4 aromatic rings. The van der Waals surface area contributed by atoms with Gasteiger partial charge in [0.25, 0.3) is 5.56 Å². The maximum absolute atomic E-state index is 13.0. The molecule has 4 rings (SSSR count). The Hall–Kier alpha value is -3.47. The highest BCUT2D eigenvalue weighted by Gasteiger charge is 2.30. The molecule has 176 valence electrons. The molecule has 2 heterocycles. The Morgan fingerprint density at radius 3 is 2.21 bits per heavy atom. The third kappa shape index (κ3) is 4.47. The molecular formula is C23H18ClF3N4O3. The van der Waals surface area contributed by atoms with Crippen molar-refractivity contribution in [2.45, 2.75) is 19.5 Å². The molecule has 0 unspecified atom stereocenters. The second-order valence-corrected chi connectivity index (χ2v) is 7.74. The van der Waals surface area contributed by atoms with Crippen LogP contribution in [0.5, 0.6) is 0 Å². The summed E-state index contributed by atoms with van der Waals surface area (Å²) in [4.78, 5) is 22.8. The van der Waals surface area contributed by atoms with Gasteiger partial charge < -0.3 is 10.2 Å². The van der Waals surface area contributed by atoms with E-state index in [1.807, 2.05) is 0 Å². The summed E-state index contributed by atoms with van der Waals surface area (Å²) in [6, 6.07) is 13.6. The number of halogens is 4. The van der Waals surface area contributed by atoms with Gasteiger partial charge in [0.1, 0.15) is 0 Å². The van der Waals surface area contributed by atoms with Crippen LogP contribution < -0.4 is 10.5 Å². The first-order valence-electron chi connectivity index (χ1n) is 10.1. The Labute approximate surface area is 196 Å². The van der Waals surface area contributed by atoms with E-state index in [2.05, 4.69) is 9.97 Å². The molecule has 2 N–H and O–H groups in total. The standard InChI is InChI=1S/C23H18ClF3N4O3/c1-2-30(22(33)34)21-28-19(13-3-7-15(24)8-4-13)17-11-12-18(32)31(20(17)29-21)16-9-5-14(6-10-16)23(25,26)27/h3-12,22,33-34H,2H2,1H3. The van der Waals surface area contributed by atoms with Crippen LogP contribution >= 0.6 is 11.6 Å². The monoisotopic (exact) mass is 490 g/mol. The summed E-state index contributed by atoms with van der Waals surface area (Å²) < 4.78 is 40.2. The minimum absolute atomic E-state index is 0.0822. The molecule has 0 aliphatic rings. The molecule has 0 fully saturated rings. The first-order chi connectivity index (χ1) is 16.1. The largest absolute Gasteiger partial charge is 0.416 e. The number of alkyl halides is 3. The van der Waals surface area contributed by atoms with Crippen LogP contribution in [0.25, 0.3) is 28.0 Å². The molecule has 0 saturated heterocycles. The van der Waals surface area contributed by atoms with Crippen molar-refractivity contribution in [1.82, 2.24) is 14.5 Å². The predicted molar refractivity (Wildman–Crippen MR) is 122 cm³/mol. The van der Waals surface area contributed by atoms with Crippen LogP contribution in [0.1, 0.15) is 12.5 Å². The van der Waals surface area contributed by atoms with Crippen LogP contribution in [-0.2, 0) is 6.18 Å². The summed E-state index contributed by atoms with van der Waals surface area (Å²) in [6.45, 7) is 1.78. The Morgan fingerprint density at radius 2 is 1.65 bits per heavy atom. The highest BCUT2D eigenvalue weighted by Crippen LogP contribution is 2.32. The van der Waals surface area contributed by atoms with E-state index in [-0.39, 0.29) is 23.8 Å². The van der Waals surface area contributed by atoms with Crippen LogP contribution in [0.3, 0.4) is 0 Å². The van der Waals surface area contributed by atoms with Crippen LogP contribution in [0, 0.1) is 0 Å². The predicted octanol–water partition coefficient (Wildman–Crippen LogP) is 4.21. The van der Waals surface area contributed by atoms with Crippen molar-refractivity contribution in [1.29, 1.82) is 0 Å². The quantitative estimate of drug-likeness (QED) is 0.407. The summed E-state index contributed by atoms with van der Waals surface area (Å²) in [6.07, 6.45) is -6.45. The molecule has 34 heavy (non-hydrogen) atoms. The molecule has 2 aromatic heterocycles. The molecule has 0 amide bonds. The zero-order valence-corrected chi connectivity index (χ0v) is 18.4. The van der Waals surface area contributed by atoms with Gasteiger partial charge in [0.2, 0.25) is 12.4 Å². The molecule has 0 atom stereocenters. The number of hydrogen-bond donors (Lipinski definition) is 2. The van der Waals surface area contributed by atoms with Gasteiger partial charge in [-0.1, -0.05) is 23.7 Å². The summed E-state index contributed by atoms with van der Waals surface area (Å²) in [5.41, 5.74) is -0.173. The van der Waals surface area contributed by atoms with Gasteiger partial charge >= 0.3 is 6.18 Å². The number of nitrogens with zero attached hydrogens (tertiary/aromatic N) is 4. The third-order valence-electron chi connectivity index (χ3n) is 5.19. The maximum atomic E-state index is 13.0. The zero-order chi connectivity index (χ0) is 24.6. The Kier molecular flexibility index (Phi) is 6.30. The third-order valence-corrected chi connectivity index (χ3v) is 5.44. The van der Waals surface area contributed by atoms with E-state index >= 15 is 0 Å². The van der Waals surface area contributed by atoms with Gasteiger partial charge in [0.15, 0.2) is 5.65 Å². The molecule has 2 aromatic carbocycles. The van der Waals surface area contributed by atoms with Gasteiger partial charge in [-0.05, 0) is 49.4 Å². The zero-order valence-electron chi connectivity index (χ0n) is 17.7. The molecule has 11 heteroatoms. The molecule has 7 nitrogen and oxygen atoms in total. The lowest BCUT2D eigenvalue weighted by Crippen LogP contribution is -2.36. The Morgan fingerprint density at radius 1 is 1.00 bits per heavy atom. The molecule has 0 aliphatic carbocycles. The van der Waals surface area contributed by atoms with Crippen LogP contribution in [0.15, 0.2) is 65.5 Å². The van der Waals surface area contributed by atoms with Crippen molar-refractivity contribution in [2.24, 2.45) is 0 Å². The highest BCUT2D eigenvalue weighted by molar-refractivity contribution is 6.30. The number of aliphatic hydroxyl groups is 2. The molecular weight excluding hydrogens is 473 g/mol. The maximum Gasteiger partial charge on any atom is 0.416 e. The van der Waals surface area contributed by atoms with Gasteiger partial charge in [-0.3, -0.25) is 14.3 Å².